The zero-order valence-corrected chi connectivity index (χ0v) is 14.3. The van der Waals surface area contributed by atoms with E-state index in [-0.39, 0.29) is 23.4 Å². The van der Waals surface area contributed by atoms with E-state index in [1.807, 2.05) is 6.92 Å². The molecule has 5 N–H and O–H groups in total. The highest BCUT2D eigenvalue weighted by atomic mass is 16.6. The van der Waals surface area contributed by atoms with Gasteiger partial charge < -0.3 is 10.2 Å². The molecule has 1 aromatic heterocycles. The SMILES string of the molecule is C[C@H](C1CCCCC1)N(N)C(=O)C1=C(ON)NC(n2cccn2)N=C1. The van der Waals surface area contributed by atoms with E-state index < -0.39 is 6.29 Å². The Bertz CT molecular complexity index is 649. The van der Waals surface area contributed by atoms with Crippen LogP contribution in [0.5, 0.6) is 0 Å². The first kappa shape index (κ1) is 17.4. The van der Waals surface area contributed by atoms with Crippen molar-refractivity contribution in [2.45, 2.75) is 51.4 Å². The van der Waals surface area contributed by atoms with E-state index in [1.165, 1.54) is 30.5 Å². The van der Waals surface area contributed by atoms with Crippen LogP contribution in [0.25, 0.3) is 0 Å². The number of nitrogens with one attached hydrogen (secondary N) is 1. The Hall–Kier alpha value is -2.39. The molecule has 0 saturated heterocycles. The van der Waals surface area contributed by atoms with Crippen LogP contribution < -0.4 is 17.1 Å². The lowest BCUT2D eigenvalue weighted by molar-refractivity contribution is -0.130. The highest BCUT2D eigenvalue weighted by molar-refractivity contribution is 6.12. The van der Waals surface area contributed by atoms with E-state index in [0.717, 1.165) is 12.8 Å². The van der Waals surface area contributed by atoms with Crippen LogP contribution >= 0.6 is 0 Å². The van der Waals surface area contributed by atoms with Crippen LogP contribution in [0.1, 0.15) is 45.3 Å². The molecule has 0 radical (unpaired) electrons. The van der Waals surface area contributed by atoms with Crippen molar-refractivity contribution in [1.82, 2.24) is 20.1 Å². The number of aliphatic imine (C=N–C) groups is 1. The van der Waals surface area contributed by atoms with Gasteiger partial charge in [0, 0.05) is 24.7 Å². The van der Waals surface area contributed by atoms with Crippen molar-refractivity contribution in [1.29, 1.82) is 0 Å². The van der Waals surface area contributed by atoms with Crippen LogP contribution in [0.15, 0.2) is 34.9 Å². The third-order valence-electron chi connectivity index (χ3n) is 4.98. The number of amides is 1. The average molecular weight is 347 g/mol. The van der Waals surface area contributed by atoms with Crippen molar-refractivity contribution >= 4 is 12.1 Å². The Morgan fingerprint density at radius 1 is 1.44 bits per heavy atom. The number of aromatic nitrogens is 2. The van der Waals surface area contributed by atoms with Crippen LogP contribution in [0.2, 0.25) is 0 Å². The number of hydrogen-bond donors (Lipinski definition) is 3. The maximum absolute atomic E-state index is 12.8. The summed E-state index contributed by atoms with van der Waals surface area (Å²) in [5.41, 5.74) is 0.205. The summed E-state index contributed by atoms with van der Waals surface area (Å²) in [6.45, 7) is 1.98. The zero-order valence-electron chi connectivity index (χ0n) is 14.3. The van der Waals surface area contributed by atoms with Crippen molar-refractivity contribution in [2.24, 2.45) is 22.6 Å². The molecule has 1 saturated carbocycles. The molecule has 1 amide bonds. The van der Waals surface area contributed by atoms with Gasteiger partial charge in [-0.1, -0.05) is 19.3 Å². The number of nitrogens with two attached hydrogens (primary N) is 2. The topological polar surface area (TPSA) is 124 Å². The fraction of sp³-hybridized carbons (Fsp3) is 0.562. The van der Waals surface area contributed by atoms with E-state index in [1.54, 1.807) is 23.1 Å². The highest BCUT2D eigenvalue weighted by Crippen LogP contribution is 2.28. The van der Waals surface area contributed by atoms with E-state index >= 15 is 0 Å². The van der Waals surface area contributed by atoms with Gasteiger partial charge in [-0.2, -0.15) is 11.0 Å². The number of hydrazine groups is 1. The Balaban J connectivity index is 1.72. The molecular formula is C16H25N7O2. The summed E-state index contributed by atoms with van der Waals surface area (Å²) in [4.78, 5) is 22.0. The first-order valence-electron chi connectivity index (χ1n) is 8.60. The van der Waals surface area contributed by atoms with Gasteiger partial charge in [0.1, 0.15) is 5.57 Å². The number of hydrogen-bond acceptors (Lipinski definition) is 7. The van der Waals surface area contributed by atoms with Crippen LogP contribution in [0.3, 0.4) is 0 Å². The molecule has 0 spiro atoms. The quantitative estimate of drug-likeness (QED) is 0.411. The Kier molecular flexibility index (Phi) is 5.34. The molecule has 3 rings (SSSR count). The van der Waals surface area contributed by atoms with Gasteiger partial charge in [0.15, 0.2) is 0 Å². The van der Waals surface area contributed by atoms with Gasteiger partial charge in [-0.25, -0.2) is 15.5 Å². The second-order valence-electron chi connectivity index (χ2n) is 6.49. The standard InChI is InChI=1S/C16H25N7O2/c1-11(12-6-3-2-4-7-12)23(17)15(24)13-10-19-16(21-14(13)25-18)22-9-5-8-20-22/h5,8-12,16,21H,2-4,6-7,17-18H2,1H3/t11-,16?/m1/s1. The molecular weight excluding hydrogens is 322 g/mol. The molecule has 2 aliphatic rings. The van der Waals surface area contributed by atoms with Crippen LogP contribution in [0, 0.1) is 5.92 Å². The highest BCUT2D eigenvalue weighted by Gasteiger charge is 2.31. The molecule has 136 valence electrons. The molecule has 1 fully saturated rings. The minimum absolute atomic E-state index is 0.0587. The molecule has 0 aromatic carbocycles. The lowest BCUT2D eigenvalue weighted by Gasteiger charge is -2.34. The molecule has 1 aliphatic carbocycles. The zero-order chi connectivity index (χ0) is 17.8. The Morgan fingerprint density at radius 2 is 2.20 bits per heavy atom. The van der Waals surface area contributed by atoms with Gasteiger partial charge in [-0.05, 0) is 31.7 Å². The summed E-state index contributed by atoms with van der Waals surface area (Å²) in [6.07, 6.45) is 10.1. The maximum Gasteiger partial charge on any atom is 0.275 e. The van der Waals surface area contributed by atoms with Gasteiger partial charge in [0.25, 0.3) is 5.91 Å². The minimum atomic E-state index is -0.521. The Labute approximate surface area is 146 Å². The molecule has 9 nitrogen and oxygen atoms in total. The second-order valence-corrected chi connectivity index (χ2v) is 6.49. The van der Waals surface area contributed by atoms with E-state index in [4.69, 9.17) is 16.6 Å². The first-order chi connectivity index (χ1) is 12.1. The number of carbonyl (C=O) groups is 1. The fourth-order valence-electron chi connectivity index (χ4n) is 3.41. The summed E-state index contributed by atoms with van der Waals surface area (Å²) in [7, 11) is 0. The lowest BCUT2D eigenvalue weighted by Crippen LogP contribution is -2.50. The van der Waals surface area contributed by atoms with Crippen molar-refractivity contribution in [2.75, 3.05) is 0 Å². The van der Waals surface area contributed by atoms with Crippen LogP contribution in [0.4, 0.5) is 0 Å². The predicted molar refractivity (Wildman–Crippen MR) is 92.3 cm³/mol. The largest absolute Gasteiger partial charge is 0.393 e. The van der Waals surface area contributed by atoms with Gasteiger partial charge in [0.2, 0.25) is 12.2 Å². The smallest absolute Gasteiger partial charge is 0.275 e. The predicted octanol–water partition coefficient (Wildman–Crippen LogP) is 0.786. The molecule has 1 aliphatic heterocycles. The molecule has 2 heterocycles. The molecule has 1 unspecified atom stereocenters. The second kappa shape index (κ2) is 7.66. The average Bonchev–Trinajstić information content (AvgIpc) is 3.21. The number of carbonyl (C=O) groups excluding carboxylic acids is 1. The fourth-order valence-corrected chi connectivity index (χ4v) is 3.41. The molecule has 25 heavy (non-hydrogen) atoms. The van der Waals surface area contributed by atoms with Crippen molar-refractivity contribution in [3.8, 4) is 0 Å². The van der Waals surface area contributed by atoms with Crippen molar-refractivity contribution in [3.63, 3.8) is 0 Å². The summed E-state index contributed by atoms with van der Waals surface area (Å²) in [5.74, 6) is 11.6. The lowest BCUT2D eigenvalue weighted by atomic mass is 9.84. The molecule has 1 aromatic rings. The van der Waals surface area contributed by atoms with Crippen LogP contribution in [-0.2, 0) is 9.63 Å². The third kappa shape index (κ3) is 3.67. The molecule has 2 atom stereocenters. The maximum atomic E-state index is 12.8. The van der Waals surface area contributed by atoms with Crippen molar-refractivity contribution < 1.29 is 9.63 Å². The van der Waals surface area contributed by atoms with Gasteiger partial charge in [-0.3, -0.25) is 9.80 Å². The van der Waals surface area contributed by atoms with E-state index in [9.17, 15) is 4.79 Å². The summed E-state index contributed by atoms with van der Waals surface area (Å²) in [6, 6.07) is 1.72. The monoisotopic (exact) mass is 347 g/mol. The Morgan fingerprint density at radius 3 is 2.84 bits per heavy atom. The van der Waals surface area contributed by atoms with Crippen molar-refractivity contribution in [3.05, 3.63) is 29.9 Å². The summed E-state index contributed by atoms with van der Waals surface area (Å²) >= 11 is 0. The third-order valence-corrected chi connectivity index (χ3v) is 4.98. The molecule has 9 heteroatoms. The normalized spacial score (nSPS) is 22.4. The summed E-state index contributed by atoms with van der Waals surface area (Å²) < 4.78 is 1.58. The van der Waals surface area contributed by atoms with Gasteiger partial charge in [0.05, 0.1) is 0 Å². The van der Waals surface area contributed by atoms with E-state index in [2.05, 4.69) is 15.4 Å². The minimum Gasteiger partial charge on any atom is -0.393 e. The number of nitrogens with zero attached hydrogens (tertiary/aromatic N) is 4. The van der Waals surface area contributed by atoms with Gasteiger partial charge in [-0.15, -0.1) is 0 Å². The van der Waals surface area contributed by atoms with Crippen LogP contribution in [-0.4, -0.2) is 33.0 Å². The van der Waals surface area contributed by atoms with E-state index in [0.29, 0.717) is 5.92 Å². The summed E-state index contributed by atoms with van der Waals surface area (Å²) in [5, 5.41) is 8.32. The molecule has 0 bridgehead atoms. The first-order valence-corrected chi connectivity index (χ1v) is 8.60. The number of rotatable bonds is 5. The van der Waals surface area contributed by atoms with Gasteiger partial charge >= 0.3 is 0 Å².